The molecule has 0 fully saturated rings. The Hall–Kier alpha value is -2.07. The molecule has 4 heteroatoms. The van der Waals surface area contributed by atoms with Gasteiger partial charge in [-0.25, -0.2) is 4.79 Å². The van der Waals surface area contributed by atoms with Crippen molar-refractivity contribution in [3.63, 3.8) is 0 Å². The third-order valence-corrected chi connectivity index (χ3v) is 3.04. The van der Waals surface area contributed by atoms with E-state index < -0.39 is 11.7 Å². The Morgan fingerprint density at radius 1 is 1.42 bits per heavy atom. The standard InChI is InChI=1S/C15H16O4/c1-9(2)12(16)8-11-13(18-3)6-4-10-5-7-14(17)19-15(10)11/h4-7,12,16H,1,8H2,2-3H3. The average molecular weight is 260 g/mol. The minimum absolute atomic E-state index is 0.294. The van der Waals surface area contributed by atoms with Crippen molar-refractivity contribution in [2.45, 2.75) is 19.4 Å². The van der Waals surface area contributed by atoms with Crippen LogP contribution in [0, 0.1) is 0 Å². The molecule has 0 amide bonds. The molecule has 0 aliphatic rings. The molecule has 0 saturated carbocycles. The van der Waals surface area contributed by atoms with Gasteiger partial charge in [0.2, 0.25) is 0 Å². The molecule has 1 unspecified atom stereocenters. The van der Waals surface area contributed by atoms with E-state index in [0.717, 1.165) is 5.39 Å². The average Bonchev–Trinajstić information content (AvgIpc) is 2.39. The molecule has 100 valence electrons. The van der Waals surface area contributed by atoms with Crippen LogP contribution >= 0.6 is 0 Å². The fraction of sp³-hybridized carbons (Fsp3) is 0.267. The Labute approximate surface area is 110 Å². The van der Waals surface area contributed by atoms with Crippen molar-refractivity contribution in [1.29, 1.82) is 0 Å². The number of benzene rings is 1. The van der Waals surface area contributed by atoms with Crippen LogP contribution in [0.4, 0.5) is 0 Å². The molecule has 0 radical (unpaired) electrons. The van der Waals surface area contributed by atoms with E-state index >= 15 is 0 Å². The summed E-state index contributed by atoms with van der Waals surface area (Å²) >= 11 is 0. The van der Waals surface area contributed by atoms with E-state index in [-0.39, 0.29) is 0 Å². The number of aliphatic hydroxyl groups is 1. The molecular formula is C15H16O4. The Morgan fingerprint density at radius 3 is 2.74 bits per heavy atom. The molecule has 19 heavy (non-hydrogen) atoms. The Morgan fingerprint density at radius 2 is 2.11 bits per heavy atom. The van der Waals surface area contributed by atoms with Crippen molar-refractivity contribution in [2.24, 2.45) is 0 Å². The third kappa shape index (κ3) is 2.69. The van der Waals surface area contributed by atoms with Crippen molar-refractivity contribution < 1.29 is 14.3 Å². The molecule has 0 spiro atoms. The van der Waals surface area contributed by atoms with Gasteiger partial charge in [0.1, 0.15) is 11.3 Å². The molecule has 1 atom stereocenters. The van der Waals surface area contributed by atoms with Gasteiger partial charge in [0.25, 0.3) is 0 Å². The summed E-state index contributed by atoms with van der Waals surface area (Å²) in [6, 6.07) is 6.67. The number of ether oxygens (including phenoxy) is 1. The molecule has 1 aromatic carbocycles. The Kier molecular flexibility index (Phi) is 3.71. The fourth-order valence-corrected chi connectivity index (χ4v) is 1.92. The van der Waals surface area contributed by atoms with Crippen molar-refractivity contribution in [2.75, 3.05) is 7.11 Å². The molecule has 0 aliphatic carbocycles. The van der Waals surface area contributed by atoms with Crippen LogP contribution in [-0.2, 0) is 6.42 Å². The highest BCUT2D eigenvalue weighted by molar-refractivity contribution is 5.82. The second kappa shape index (κ2) is 5.28. The molecule has 1 aromatic heterocycles. The molecule has 2 rings (SSSR count). The number of hydrogen-bond donors (Lipinski definition) is 1. The minimum Gasteiger partial charge on any atom is -0.496 e. The van der Waals surface area contributed by atoms with Gasteiger partial charge >= 0.3 is 5.63 Å². The monoisotopic (exact) mass is 260 g/mol. The number of aliphatic hydroxyl groups excluding tert-OH is 1. The molecular weight excluding hydrogens is 244 g/mol. The van der Waals surface area contributed by atoms with Gasteiger partial charge in [-0.05, 0) is 25.1 Å². The lowest BCUT2D eigenvalue weighted by atomic mass is 10.0. The minimum atomic E-state index is -0.704. The largest absolute Gasteiger partial charge is 0.496 e. The SMILES string of the molecule is C=C(C)C(O)Cc1c(OC)ccc2ccc(=O)oc12. The smallest absolute Gasteiger partial charge is 0.336 e. The van der Waals surface area contributed by atoms with Crippen LogP contribution in [0.1, 0.15) is 12.5 Å². The maximum atomic E-state index is 11.4. The summed E-state index contributed by atoms with van der Waals surface area (Å²) in [4.78, 5) is 11.4. The van der Waals surface area contributed by atoms with Crippen LogP contribution in [0.3, 0.4) is 0 Å². The van der Waals surface area contributed by atoms with Crippen LogP contribution in [0.2, 0.25) is 0 Å². The molecule has 1 N–H and O–H groups in total. The van der Waals surface area contributed by atoms with E-state index in [2.05, 4.69) is 6.58 Å². The van der Waals surface area contributed by atoms with Gasteiger partial charge in [-0.1, -0.05) is 12.2 Å². The van der Waals surface area contributed by atoms with Gasteiger partial charge in [0, 0.05) is 23.4 Å². The lowest BCUT2D eigenvalue weighted by Crippen LogP contribution is -2.12. The molecule has 1 heterocycles. The van der Waals surface area contributed by atoms with Gasteiger partial charge in [0.15, 0.2) is 0 Å². The predicted molar refractivity (Wildman–Crippen MR) is 73.6 cm³/mol. The summed E-state index contributed by atoms with van der Waals surface area (Å²) in [5.74, 6) is 0.585. The number of fused-ring (bicyclic) bond motifs is 1. The molecule has 2 aromatic rings. The van der Waals surface area contributed by atoms with E-state index in [4.69, 9.17) is 9.15 Å². The topological polar surface area (TPSA) is 59.7 Å². The van der Waals surface area contributed by atoms with E-state index in [1.807, 2.05) is 6.07 Å². The van der Waals surface area contributed by atoms with Crippen LogP contribution < -0.4 is 10.4 Å². The Bertz CT molecular complexity index is 669. The highest BCUT2D eigenvalue weighted by Gasteiger charge is 2.15. The van der Waals surface area contributed by atoms with Gasteiger partial charge in [-0.15, -0.1) is 0 Å². The summed E-state index contributed by atoms with van der Waals surface area (Å²) < 4.78 is 10.5. The second-order valence-electron chi connectivity index (χ2n) is 4.49. The lowest BCUT2D eigenvalue weighted by Gasteiger charge is -2.14. The lowest BCUT2D eigenvalue weighted by molar-refractivity contribution is 0.210. The van der Waals surface area contributed by atoms with Crippen LogP contribution in [0.25, 0.3) is 11.0 Å². The molecule has 0 bridgehead atoms. The van der Waals surface area contributed by atoms with E-state index in [1.54, 1.807) is 26.2 Å². The van der Waals surface area contributed by atoms with Gasteiger partial charge < -0.3 is 14.3 Å². The van der Waals surface area contributed by atoms with E-state index in [9.17, 15) is 9.90 Å². The second-order valence-corrected chi connectivity index (χ2v) is 4.49. The van der Waals surface area contributed by atoms with Crippen LogP contribution in [-0.4, -0.2) is 18.3 Å². The summed E-state index contributed by atoms with van der Waals surface area (Å²) in [5, 5.41) is 10.7. The number of hydrogen-bond acceptors (Lipinski definition) is 4. The first kappa shape index (κ1) is 13.4. The number of methoxy groups -OCH3 is 1. The van der Waals surface area contributed by atoms with Crippen molar-refractivity contribution >= 4 is 11.0 Å². The predicted octanol–water partition coefficient (Wildman–Crippen LogP) is 2.28. The summed E-state index contributed by atoms with van der Waals surface area (Å²) in [6.45, 7) is 5.47. The van der Waals surface area contributed by atoms with Crippen LogP contribution in [0.15, 0.2) is 45.6 Å². The van der Waals surface area contributed by atoms with Crippen molar-refractivity contribution in [3.8, 4) is 5.75 Å². The first-order valence-corrected chi connectivity index (χ1v) is 5.96. The molecule has 0 aliphatic heterocycles. The van der Waals surface area contributed by atoms with Crippen molar-refractivity contribution in [1.82, 2.24) is 0 Å². The zero-order valence-corrected chi connectivity index (χ0v) is 11.0. The maximum absolute atomic E-state index is 11.4. The first-order chi connectivity index (χ1) is 9.02. The highest BCUT2D eigenvalue weighted by Crippen LogP contribution is 2.29. The third-order valence-electron chi connectivity index (χ3n) is 3.04. The molecule has 4 nitrogen and oxygen atoms in total. The zero-order valence-electron chi connectivity index (χ0n) is 11.0. The highest BCUT2D eigenvalue weighted by atomic mass is 16.5. The quantitative estimate of drug-likeness (QED) is 0.676. The van der Waals surface area contributed by atoms with Crippen molar-refractivity contribution in [3.05, 3.63) is 52.4 Å². The van der Waals surface area contributed by atoms with Gasteiger partial charge in [-0.2, -0.15) is 0 Å². The summed E-state index contributed by atoms with van der Waals surface area (Å²) in [7, 11) is 1.54. The molecule has 0 saturated heterocycles. The Balaban J connectivity index is 2.63. The van der Waals surface area contributed by atoms with Gasteiger partial charge in [0.05, 0.1) is 13.2 Å². The normalized spacial score (nSPS) is 12.4. The van der Waals surface area contributed by atoms with Crippen LogP contribution in [0.5, 0.6) is 5.75 Å². The first-order valence-electron chi connectivity index (χ1n) is 5.96. The maximum Gasteiger partial charge on any atom is 0.336 e. The van der Waals surface area contributed by atoms with Gasteiger partial charge in [-0.3, -0.25) is 0 Å². The number of rotatable bonds is 4. The summed E-state index contributed by atoms with van der Waals surface area (Å²) in [5.41, 5.74) is 1.35. The zero-order chi connectivity index (χ0) is 14.0. The van der Waals surface area contributed by atoms with E-state index in [1.165, 1.54) is 6.07 Å². The summed E-state index contributed by atoms with van der Waals surface area (Å²) in [6.07, 6.45) is -0.409. The fourth-order valence-electron chi connectivity index (χ4n) is 1.92. The van der Waals surface area contributed by atoms with E-state index in [0.29, 0.717) is 28.9 Å².